The van der Waals surface area contributed by atoms with Crippen LogP contribution in [0.25, 0.3) is 0 Å². The summed E-state index contributed by atoms with van der Waals surface area (Å²) in [5.74, 6) is 1.44. The van der Waals surface area contributed by atoms with Gasteiger partial charge in [-0.3, -0.25) is 24.5 Å². The summed E-state index contributed by atoms with van der Waals surface area (Å²) in [7, 11) is -0.956. The van der Waals surface area contributed by atoms with Crippen LogP contribution in [0.4, 0.5) is 28.8 Å². The molecule has 7 rings (SSSR count). The molecule has 0 aliphatic carbocycles. The summed E-state index contributed by atoms with van der Waals surface area (Å²) in [5.41, 5.74) is 3.88. The van der Waals surface area contributed by atoms with Crippen LogP contribution < -0.4 is 30.9 Å². The third kappa shape index (κ3) is 9.86. The fourth-order valence-electron chi connectivity index (χ4n) is 7.59. The molecule has 0 saturated carbocycles. The number of ether oxygens (including phenoxy) is 1. The van der Waals surface area contributed by atoms with Crippen LogP contribution in [0.3, 0.4) is 0 Å². The lowest BCUT2D eigenvalue weighted by Gasteiger charge is -2.36. The van der Waals surface area contributed by atoms with E-state index in [4.69, 9.17) is 16.3 Å². The smallest absolute Gasteiger partial charge is 0.255 e. The maximum absolute atomic E-state index is 13.1. The number of hydrogen-bond donors (Lipinski definition) is 3. The van der Waals surface area contributed by atoms with Crippen molar-refractivity contribution in [3.05, 3.63) is 83.0 Å². The molecule has 59 heavy (non-hydrogen) atoms. The number of piperidine rings is 1. The van der Waals surface area contributed by atoms with Crippen molar-refractivity contribution in [3.8, 4) is 5.75 Å². The average Bonchev–Trinajstić information content (AvgIpc) is 3.56. The van der Waals surface area contributed by atoms with E-state index >= 15 is 0 Å². The quantitative estimate of drug-likeness (QED) is 0.0506. The topological polar surface area (TPSA) is 166 Å². The molecule has 1 atom stereocenters. The number of unbranched alkanes of at least 4 members (excludes halogenated alkanes) is 2. The number of anilines is 5. The number of nitrogens with one attached hydrogen (secondary N) is 3. The molecular weight excluding hydrogens is 811 g/mol. The Labute approximate surface area is 353 Å². The number of imide groups is 1. The van der Waals surface area contributed by atoms with E-state index in [9.17, 15) is 23.7 Å². The van der Waals surface area contributed by atoms with Crippen molar-refractivity contribution in [2.24, 2.45) is 0 Å². The lowest BCUT2D eigenvalue weighted by molar-refractivity contribution is -0.137. The molecule has 2 saturated heterocycles. The van der Waals surface area contributed by atoms with Crippen molar-refractivity contribution in [2.75, 3.05) is 67.9 Å². The first-order valence-corrected chi connectivity index (χ1v) is 23.7. The molecule has 3 aromatic carbocycles. The minimum absolute atomic E-state index is 0.165. The van der Waals surface area contributed by atoms with Crippen molar-refractivity contribution in [3.63, 3.8) is 0 Å². The lowest BCUT2D eigenvalue weighted by atomic mass is 10.0. The second kappa shape index (κ2) is 18.4. The molecule has 1 aromatic heterocycles. The first-order chi connectivity index (χ1) is 28.4. The minimum Gasteiger partial charge on any atom is -0.494 e. The number of benzene rings is 3. The molecule has 0 bridgehead atoms. The van der Waals surface area contributed by atoms with Crippen LogP contribution in [0, 0.1) is 0 Å². The van der Waals surface area contributed by atoms with Gasteiger partial charge in [-0.15, -0.1) is 11.8 Å². The van der Waals surface area contributed by atoms with Crippen LogP contribution in [0.1, 0.15) is 54.4 Å². The molecule has 1 unspecified atom stereocenters. The number of amides is 4. The second-order valence-electron chi connectivity index (χ2n) is 15.1. The van der Waals surface area contributed by atoms with Gasteiger partial charge in [0, 0.05) is 73.1 Å². The molecule has 4 aromatic rings. The second-order valence-corrected chi connectivity index (χ2v) is 19.8. The summed E-state index contributed by atoms with van der Waals surface area (Å²) in [4.78, 5) is 66.1. The van der Waals surface area contributed by atoms with Crippen LogP contribution in [0.2, 0.25) is 5.02 Å². The number of carbonyl (C=O) groups is 4. The molecule has 3 aliphatic rings. The number of hydrogen-bond acceptors (Lipinski definition) is 12. The predicted octanol–water partition coefficient (Wildman–Crippen LogP) is 6.64. The number of nitrogens with zero attached hydrogens (tertiary/aromatic N) is 5. The number of rotatable bonds is 15. The van der Waals surface area contributed by atoms with E-state index in [1.54, 1.807) is 43.2 Å². The van der Waals surface area contributed by atoms with Crippen LogP contribution in [-0.2, 0) is 25.5 Å². The van der Waals surface area contributed by atoms with E-state index < -0.39 is 19.1 Å². The Bertz CT molecular complexity index is 2300. The van der Waals surface area contributed by atoms with E-state index in [2.05, 4.69) is 30.8 Å². The van der Waals surface area contributed by atoms with Gasteiger partial charge in [0.1, 0.15) is 24.0 Å². The summed E-state index contributed by atoms with van der Waals surface area (Å²) < 4.78 is 18.6. The van der Waals surface area contributed by atoms with Crippen LogP contribution >= 0.6 is 30.5 Å². The van der Waals surface area contributed by atoms with Crippen LogP contribution in [-0.4, -0.2) is 102 Å². The highest BCUT2D eigenvalue weighted by Crippen LogP contribution is 2.39. The highest BCUT2D eigenvalue weighted by Gasteiger charge is 2.39. The molecule has 14 nitrogen and oxygen atoms in total. The Morgan fingerprint density at radius 3 is 2.54 bits per heavy atom. The van der Waals surface area contributed by atoms with Crippen molar-refractivity contribution < 1.29 is 28.5 Å². The molecule has 4 heterocycles. The summed E-state index contributed by atoms with van der Waals surface area (Å²) in [6.07, 6.45) is 5.24. The number of halogens is 1. The fraction of sp³-hybridized carbons (Fsp3) is 0.381. The number of para-hydroxylation sites is 1. The number of carbonyl (C=O) groups excluding carboxylic acids is 4. The van der Waals surface area contributed by atoms with Crippen molar-refractivity contribution in [1.29, 1.82) is 0 Å². The van der Waals surface area contributed by atoms with Gasteiger partial charge in [0.15, 0.2) is 5.82 Å². The van der Waals surface area contributed by atoms with Gasteiger partial charge in [0.25, 0.3) is 5.91 Å². The molecular formula is C42H48ClN8O6PS. The molecule has 17 heteroatoms. The lowest BCUT2D eigenvalue weighted by Crippen LogP contribution is -2.52. The maximum atomic E-state index is 13.1. The largest absolute Gasteiger partial charge is 0.494 e. The summed E-state index contributed by atoms with van der Waals surface area (Å²) in [5, 5.41) is 9.83. The Morgan fingerprint density at radius 2 is 1.78 bits per heavy atom. The van der Waals surface area contributed by atoms with Gasteiger partial charge in [-0.1, -0.05) is 36.2 Å². The summed E-state index contributed by atoms with van der Waals surface area (Å²) in [6, 6.07) is 18.3. The van der Waals surface area contributed by atoms with E-state index in [1.165, 1.54) is 6.20 Å². The van der Waals surface area contributed by atoms with Crippen molar-refractivity contribution in [1.82, 2.24) is 25.1 Å². The number of piperazine rings is 1. The Morgan fingerprint density at radius 1 is 0.983 bits per heavy atom. The maximum Gasteiger partial charge on any atom is 0.255 e. The van der Waals surface area contributed by atoms with Gasteiger partial charge < -0.3 is 34.6 Å². The molecule has 2 fully saturated rings. The van der Waals surface area contributed by atoms with Crippen LogP contribution in [0.5, 0.6) is 5.75 Å². The number of methoxy groups -OCH3 is 1. The first kappa shape index (κ1) is 42.0. The predicted molar refractivity (Wildman–Crippen MR) is 233 cm³/mol. The zero-order valence-electron chi connectivity index (χ0n) is 33.3. The minimum atomic E-state index is -2.56. The van der Waals surface area contributed by atoms with Gasteiger partial charge in [-0.05, 0) is 80.3 Å². The Kier molecular flexibility index (Phi) is 13.1. The normalized spacial score (nSPS) is 16.8. The van der Waals surface area contributed by atoms with E-state index in [1.807, 2.05) is 59.5 Å². The Hall–Kier alpha value is -5.11. The van der Waals surface area contributed by atoms with Crippen molar-refractivity contribution in [2.45, 2.75) is 56.0 Å². The average molecular weight is 859 g/mol. The molecule has 310 valence electrons. The molecule has 3 N–H and O–H groups in total. The monoisotopic (exact) mass is 858 g/mol. The van der Waals surface area contributed by atoms with Gasteiger partial charge in [-0.2, -0.15) is 4.98 Å². The number of fused-ring (bicyclic) bond motifs is 1. The van der Waals surface area contributed by atoms with Crippen LogP contribution in [0.15, 0.2) is 71.8 Å². The Balaban J connectivity index is 0.852. The zero-order valence-corrected chi connectivity index (χ0v) is 35.8. The van der Waals surface area contributed by atoms with Gasteiger partial charge >= 0.3 is 0 Å². The molecule has 0 spiro atoms. The highest BCUT2D eigenvalue weighted by molar-refractivity contribution is 7.99. The highest BCUT2D eigenvalue weighted by atomic mass is 35.5. The van der Waals surface area contributed by atoms with Gasteiger partial charge in [0.2, 0.25) is 23.7 Å². The van der Waals surface area contributed by atoms with Gasteiger partial charge in [0.05, 0.1) is 24.7 Å². The van der Waals surface area contributed by atoms with E-state index in [0.29, 0.717) is 90.3 Å². The van der Waals surface area contributed by atoms with Crippen molar-refractivity contribution >= 4 is 88.3 Å². The zero-order chi connectivity index (χ0) is 41.7. The first-order valence-electron chi connectivity index (χ1n) is 19.7. The van der Waals surface area contributed by atoms with E-state index in [-0.39, 0.29) is 24.1 Å². The summed E-state index contributed by atoms with van der Waals surface area (Å²) >= 11 is 8.15. The molecule has 0 radical (unpaired) electrons. The molecule has 3 aliphatic heterocycles. The third-order valence-corrected chi connectivity index (χ3v) is 13.8. The fourth-order valence-corrected chi connectivity index (χ4v) is 9.98. The van der Waals surface area contributed by atoms with Gasteiger partial charge in [-0.25, -0.2) is 4.98 Å². The van der Waals surface area contributed by atoms with E-state index in [0.717, 1.165) is 41.2 Å². The SMILES string of the molecule is COc1cc(N2CCN(C(=O)CCCCCSc3cccc4c3CN(C3CCC(=O)NC3=O)C4=O)CC2)ccc1Nc1ncc(Cl)c(Nc2ccccc2P(C)(C)=O)n1. The molecule has 4 amide bonds. The number of aromatic nitrogens is 2. The summed E-state index contributed by atoms with van der Waals surface area (Å²) in [6.45, 7) is 6.46. The standard InChI is InChI=1S/C42H48ClN8O6PS/c1-57-34-24-27(15-16-31(34)46-42-44-25-30(43)39(48-42)45-32-11-6-7-12-35(32)58(2,3)56)49-19-21-50(22-20-49)38(53)14-5-4-8-23-59-36-13-9-10-28-29(36)26-51(41(28)55)33-17-18-37(52)47-40(33)54/h6-7,9-13,15-16,24-25,33H,4-5,8,14,17-23,26H2,1-3H3,(H,47,52,54)(H2,44,45,46,48). The number of thioether (sulfide) groups is 1. The third-order valence-electron chi connectivity index (χ3n) is 10.7.